The second kappa shape index (κ2) is 3.25. The first-order valence-electron chi connectivity index (χ1n) is 4.49. The number of rotatable bonds is 1. The van der Waals surface area contributed by atoms with Crippen molar-refractivity contribution in [3.8, 4) is 11.8 Å². The van der Waals surface area contributed by atoms with Crippen LogP contribution < -0.4 is 0 Å². The van der Waals surface area contributed by atoms with Crippen molar-refractivity contribution < 1.29 is 9.90 Å². The molecule has 0 radical (unpaired) electrons. The number of hydrogen-bond donors (Lipinski definition) is 1. The minimum Gasteiger partial charge on any atom is -0.508 e. The molecule has 0 spiro atoms. The van der Waals surface area contributed by atoms with Gasteiger partial charge in [-0.25, -0.2) is 0 Å². The van der Waals surface area contributed by atoms with E-state index in [-0.39, 0.29) is 24.4 Å². The van der Waals surface area contributed by atoms with Crippen molar-refractivity contribution in [2.24, 2.45) is 0 Å². The fourth-order valence-corrected chi connectivity index (χ4v) is 2.03. The van der Waals surface area contributed by atoms with Gasteiger partial charge >= 0.3 is 0 Å². The normalized spacial score (nSPS) is 18.0. The average molecular weight is 222 g/mol. The summed E-state index contributed by atoms with van der Waals surface area (Å²) in [6.45, 7) is 0. The molecule has 1 fully saturated rings. The molecule has 0 bridgehead atoms. The van der Waals surface area contributed by atoms with Crippen LogP contribution in [-0.4, -0.2) is 10.9 Å². The monoisotopic (exact) mass is 221 g/mol. The zero-order valence-electron chi connectivity index (χ0n) is 7.83. The molecular weight excluding hydrogens is 214 g/mol. The topological polar surface area (TPSA) is 61.1 Å². The van der Waals surface area contributed by atoms with Crippen LogP contribution in [0.4, 0.5) is 0 Å². The maximum absolute atomic E-state index is 11.0. The lowest BCUT2D eigenvalue weighted by molar-refractivity contribution is -0.126. The molecule has 0 atom stereocenters. The highest BCUT2D eigenvalue weighted by Gasteiger charge is 2.46. The molecule has 1 N–H and O–H groups in total. The standard InChI is InChI=1S/C11H8ClNO2/c12-7-1-2-9(10(15)3-7)11(6-13)4-8(14)5-11/h1-3,15H,4-5H2. The summed E-state index contributed by atoms with van der Waals surface area (Å²) in [4.78, 5) is 11.0. The zero-order chi connectivity index (χ0) is 11.1. The maximum atomic E-state index is 11.0. The zero-order valence-corrected chi connectivity index (χ0v) is 8.58. The third kappa shape index (κ3) is 1.47. The molecule has 0 aromatic heterocycles. The molecule has 0 aliphatic heterocycles. The van der Waals surface area contributed by atoms with Crippen molar-refractivity contribution >= 4 is 17.4 Å². The lowest BCUT2D eigenvalue weighted by Gasteiger charge is -2.34. The van der Waals surface area contributed by atoms with Gasteiger partial charge < -0.3 is 5.11 Å². The Balaban J connectivity index is 2.46. The molecule has 2 rings (SSSR count). The highest BCUT2D eigenvalue weighted by molar-refractivity contribution is 6.30. The van der Waals surface area contributed by atoms with E-state index in [1.54, 1.807) is 12.1 Å². The molecule has 0 unspecified atom stereocenters. The molecular formula is C11H8ClNO2. The first-order valence-corrected chi connectivity index (χ1v) is 4.87. The van der Waals surface area contributed by atoms with Gasteiger partial charge in [0.1, 0.15) is 11.5 Å². The Labute approximate surface area is 91.9 Å². The van der Waals surface area contributed by atoms with E-state index in [0.717, 1.165) is 0 Å². The van der Waals surface area contributed by atoms with Crippen LogP contribution in [0.5, 0.6) is 5.75 Å². The lowest BCUT2D eigenvalue weighted by Crippen LogP contribution is -2.40. The van der Waals surface area contributed by atoms with Gasteiger partial charge in [-0.3, -0.25) is 4.79 Å². The van der Waals surface area contributed by atoms with Crippen molar-refractivity contribution in [1.29, 1.82) is 5.26 Å². The van der Waals surface area contributed by atoms with Crippen LogP contribution in [0, 0.1) is 11.3 Å². The Kier molecular flexibility index (Phi) is 2.17. The molecule has 0 amide bonds. The molecule has 0 saturated heterocycles. The van der Waals surface area contributed by atoms with E-state index in [4.69, 9.17) is 16.9 Å². The summed E-state index contributed by atoms with van der Waals surface area (Å²) in [6.07, 6.45) is 0.359. The predicted molar refractivity (Wildman–Crippen MR) is 54.6 cm³/mol. The van der Waals surface area contributed by atoms with Gasteiger partial charge in [0.2, 0.25) is 0 Å². The van der Waals surface area contributed by atoms with E-state index in [0.29, 0.717) is 10.6 Å². The number of halogens is 1. The quantitative estimate of drug-likeness (QED) is 0.791. The fraction of sp³-hybridized carbons (Fsp3) is 0.273. The van der Waals surface area contributed by atoms with Crippen molar-refractivity contribution in [1.82, 2.24) is 0 Å². The van der Waals surface area contributed by atoms with Crippen LogP contribution in [0.15, 0.2) is 18.2 Å². The Morgan fingerprint density at radius 3 is 2.60 bits per heavy atom. The molecule has 1 aromatic carbocycles. The Hall–Kier alpha value is -1.53. The van der Waals surface area contributed by atoms with E-state index in [1.807, 2.05) is 0 Å². The first kappa shape index (κ1) is 10.0. The third-order valence-electron chi connectivity index (χ3n) is 2.69. The molecule has 0 heterocycles. The number of phenolic OH excluding ortho intramolecular Hbond substituents is 1. The highest BCUT2D eigenvalue weighted by atomic mass is 35.5. The van der Waals surface area contributed by atoms with Gasteiger partial charge in [0.05, 0.1) is 11.5 Å². The minimum absolute atomic E-state index is 0.0171. The van der Waals surface area contributed by atoms with Gasteiger partial charge in [0, 0.05) is 23.4 Å². The Morgan fingerprint density at radius 2 is 2.13 bits per heavy atom. The Morgan fingerprint density at radius 1 is 1.47 bits per heavy atom. The van der Waals surface area contributed by atoms with Crippen molar-refractivity contribution in [3.63, 3.8) is 0 Å². The molecule has 76 valence electrons. The summed E-state index contributed by atoms with van der Waals surface area (Å²) < 4.78 is 0. The summed E-state index contributed by atoms with van der Waals surface area (Å²) in [6, 6.07) is 6.70. The van der Waals surface area contributed by atoms with Crippen LogP contribution in [-0.2, 0) is 10.2 Å². The van der Waals surface area contributed by atoms with Crippen LogP contribution in [0.1, 0.15) is 18.4 Å². The molecule has 1 aliphatic rings. The van der Waals surface area contributed by atoms with Gasteiger partial charge in [-0.15, -0.1) is 0 Å². The van der Waals surface area contributed by atoms with E-state index in [1.165, 1.54) is 6.07 Å². The number of nitriles is 1. The van der Waals surface area contributed by atoms with Gasteiger partial charge in [-0.1, -0.05) is 17.7 Å². The molecule has 15 heavy (non-hydrogen) atoms. The summed E-state index contributed by atoms with van der Waals surface area (Å²) in [7, 11) is 0. The summed E-state index contributed by atoms with van der Waals surface area (Å²) in [5, 5.41) is 19.1. The number of aromatic hydroxyl groups is 1. The predicted octanol–water partition coefficient (Wildman–Crippen LogP) is 2.17. The highest BCUT2D eigenvalue weighted by Crippen LogP contribution is 2.44. The average Bonchev–Trinajstić information content (AvgIpc) is 2.13. The second-order valence-corrected chi connectivity index (χ2v) is 4.18. The number of benzene rings is 1. The van der Waals surface area contributed by atoms with Crippen LogP contribution in [0.25, 0.3) is 0 Å². The molecule has 4 heteroatoms. The van der Waals surface area contributed by atoms with E-state index in [2.05, 4.69) is 6.07 Å². The number of phenols is 1. The smallest absolute Gasteiger partial charge is 0.136 e. The first-order chi connectivity index (χ1) is 7.07. The van der Waals surface area contributed by atoms with Crippen LogP contribution in [0.3, 0.4) is 0 Å². The number of hydrogen-bond acceptors (Lipinski definition) is 3. The minimum atomic E-state index is -0.842. The second-order valence-electron chi connectivity index (χ2n) is 3.75. The third-order valence-corrected chi connectivity index (χ3v) is 2.92. The SMILES string of the molecule is N#CC1(c2ccc(Cl)cc2O)CC(=O)C1. The fourth-order valence-electron chi connectivity index (χ4n) is 1.86. The molecule has 1 saturated carbocycles. The van der Waals surface area contributed by atoms with E-state index in [9.17, 15) is 9.90 Å². The maximum Gasteiger partial charge on any atom is 0.136 e. The van der Waals surface area contributed by atoms with Gasteiger partial charge in [-0.05, 0) is 12.1 Å². The van der Waals surface area contributed by atoms with Crippen molar-refractivity contribution in [2.45, 2.75) is 18.3 Å². The Bertz CT molecular complexity index is 468. The largest absolute Gasteiger partial charge is 0.508 e. The van der Waals surface area contributed by atoms with Crippen molar-refractivity contribution in [3.05, 3.63) is 28.8 Å². The summed E-state index contributed by atoms with van der Waals surface area (Å²) in [5.41, 5.74) is -0.347. The van der Waals surface area contributed by atoms with E-state index < -0.39 is 5.41 Å². The van der Waals surface area contributed by atoms with Gasteiger partial charge in [-0.2, -0.15) is 5.26 Å². The number of carbonyl (C=O) groups excluding carboxylic acids is 1. The number of nitrogens with zero attached hydrogens (tertiary/aromatic N) is 1. The van der Waals surface area contributed by atoms with Gasteiger partial charge in [0.25, 0.3) is 0 Å². The number of ketones is 1. The number of carbonyl (C=O) groups is 1. The van der Waals surface area contributed by atoms with Crippen LogP contribution >= 0.6 is 11.6 Å². The molecule has 1 aliphatic carbocycles. The molecule has 3 nitrogen and oxygen atoms in total. The lowest BCUT2D eigenvalue weighted by atomic mass is 9.64. The van der Waals surface area contributed by atoms with Crippen LogP contribution in [0.2, 0.25) is 5.02 Å². The van der Waals surface area contributed by atoms with Gasteiger partial charge in [0.15, 0.2) is 0 Å². The summed E-state index contributed by atoms with van der Waals surface area (Å²) >= 11 is 5.69. The molecule has 1 aromatic rings. The van der Waals surface area contributed by atoms with Crippen molar-refractivity contribution in [2.75, 3.05) is 0 Å². The van der Waals surface area contributed by atoms with E-state index >= 15 is 0 Å². The number of Topliss-reactive ketones (excluding diaryl/α,β-unsaturated/α-hetero) is 1. The summed E-state index contributed by atoms with van der Waals surface area (Å²) in [5.74, 6) is 0.0300.